The molecular formula is C19H30N2O3. The maximum absolute atomic E-state index is 12.1. The number of carbonyl (C=O) groups excluding carboxylic acids is 1. The monoisotopic (exact) mass is 334 g/mol. The third kappa shape index (κ3) is 6.13. The van der Waals surface area contributed by atoms with E-state index in [9.17, 15) is 9.90 Å². The molecule has 1 saturated heterocycles. The predicted molar refractivity (Wildman–Crippen MR) is 95.5 cm³/mol. The van der Waals surface area contributed by atoms with Crippen molar-refractivity contribution in [1.29, 1.82) is 0 Å². The molecule has 0 aliphatic carbocycles. The summed E-state index contributed by atoms with van der Waals surface area (Å²) in [6.45, 7) is 7.69. The Morgan fingerprint density at radius 3 is 2.50 bits per heavy atom. The number of aliphatic hydroxyl groups excluding tert-OH is 1. The summed E-state index contributed by atoms with van der Waals surface area (Å²) in [5, 5.41) is 12.0. The van der Waals surface area contributed by atoms with Gasteiger partial charge in [0.1, 0.15) is 5.75 Å². The molecule has 0 atom stereocenters. The Morgan fingerprint density at radius 2 is 1.88 bits per heavy atom. The second-order valence-corrected chi connectivity index (χ2v) is 7.12. The van der Waals surface area contributed by atoms with Crippen LogP contribution >= 0.6 is 0 Å². The number of hydrogen-bond acceptors (Lipinski definition) is 4. The average Bonchev–Trinajstić information content (AvgIpc) is 2.60. The lowest BCUT2D eigenvalue weighted by atomic mass is 10.1. The minimum atomic E-state index is -0.624. The van der Waals surface area contributed by atoms with E-state index in [4.69, 9.17) is 4.74 Å². The van der Waals surface area contributed by atoms with Crippen LogP contribution in [-0.2, 0) is 0 Å². The number of piperidine rings is 1. The van der Waals surface area contributed by atoms with Crippen LogP contribution in [0.2, 0.25) is 0 Å². The Hall–Kier alpha value is -1.59. The fraction of sp³-hybridized carbons (Fsp3) is 0.632. The lowest BCUT2D eigenvalue weighted by molar-refractivity contribution is 0.0869. The summed E-state index contributed by atoms with van der Waals surface area (Å²) in [6, 6.07) is 7.15. The second kappa shape index (κ2) is 9.04. The fourth-order valence-corrected chi connectivity index (χ4v) is 2.78. The Kier molecular flexibility index (Phi) is 7.06. The highest BCUT2D eigenvalue weighted by Gasteiger charge is 2.19. The third-order valence-corrected chi connectivity index (χ3v) is 4.30. The van der Waals surface area contributed by atoms with E-state index in [2.05, 4.69) is 10.2 Å². The van der Waals surface area contributed by atoms with E-state index in [0.29, 0.717) is 12.2 Å². The maximum Gasteiger partial charge on any atom is 0.251 e. The molecule has 5 nitrogen and oxygen atoms in total. The van der Waals surface area contributed by atoms with Gasteiger partial charge in [-0.05, 0) is 70.5 Å². The van der Waals surface area contributed by atoms with Crippen molar-refractivity contribution in [3.8, 4) is 5.75 Å². The quantitative estimate of drug-likeness (QED) is 0.717. The van der Waals surface area contributed by atoms with Gasteiger partial charge in [-0.1, -0.05) is 6.42 Å². The van der Waals surface area contributed by atoms with E-state index in [-0.39, 0.29) is 12.5 Å². The Morgan fingerprint density at radius 1 is 1.21 bits per heavy atom. The Labute approximate surface area is 145 Å². The van der Waals surface area contributed by atoms with Crippen LogP contribution in [0.25, 0.3) is 0 Å². The molecule has 2 N–H and O–H groups in total. The van der Waals surface area contributed by atoms with Gasteiger partial charge in [-0.15, -0.1) is 0 Å². The van der Waals surface area contributed by atoms with Gasteiger partial charge in [0.25, 0.3) is 5.91 Å². The lowest BCUT2D eigenvalue weighted by Gasteiger charge is -2.26. The molecule has 1 heterocycles. The number of hydrogen-bond donors (Lipinski definition) is 2. The molecule has 0 bridgehead atoms. The predicted octanol–water partition coefficient (Wildman–Crippen LogP) is 2.44. The van der Waals surface area contributed by atoms with Crippen molar-refractivity contribution in [2.75, 3.05) is 32.8 Å². The molecule has 1 aromatic carbocycles. The first kappa shape index (κ1) is 18.7. The van der Waals surface area contributed by atoms with Crippen LogP contribution < -0.4 is 10.1 Å². The number of ether oxygens (including phenoxy) is 1. The van der Waals surface area contributed by atoms with E-state index in [1.807, 2.05) is 12.1 Å². The fourth-order valence-electron chi connectivity index (χ4n) is 2.78. The molecule has 0 spiro atoms. The highest BCUT2D eigenvalue weighted by molar-refractivity contribution is 5.94. The smallest absolute Gasteiger partial charge is 0.251 e. The minimum absolute atomic E-state index is 0.100. The summed E-state index contributed by atoms with van der Waals surface area (Å²) in [5.41, 5.74) is -0.0575. The normalized spacial score (nSPS) is 16.0. The van der Waals surface area contributed by atoms with Gasteiger partial charge in [-0.25, -0.2) is 0 Å². The molecule has 5 heteroatoms. The maximum atomic E-state index is 12.1. The first-order valence-corrected chi connectivity index (χ1v) is 8.89. The van der Waals surface area contributed by atoms with Crippen LogP contribution in [-0.4, -0.2) is 54.3 Å². The molecule has 1 aromatic rings. The molecule has 1 aliphatic rings. The van der Waals surface area contributed by atoms with Crippen LogP contribution in [0.4, 0.5) is 0 Å². The number of nitrogens with one attached hydrogen (secondary N) is 1. The van der Waals surface area contributed by atoms with Crippen LogP contribution in [0.3, 0.4) is 0 Å². The number of likely N-dealkylation sites (tertiary alicyclic amines) is 1. The highest BCUT2D eigenvalue weighted by Crippen LogP contribution is 2.14. The van der Waals surface area contributed by atoms with Crippen molar-refractivity contribution in [3.05, 3.63) is 29.8 Å². The van der Waals surface area contributed by atoms with Gasteiger partial charge in [0, 0.05) is 12.1 Å². The number of amides is 1. The van der Waals surface area contributed by atoms with Crippen molar-refractivity contribution in [3.63, 3.8) is 0 Å². The Bertz CT molecular complexity index is 508. The summed E-state index contributed by atoms with van der Waals surface area (Å²) >= 11 is 0. The molecule has 2 rings (SSSR count). The molecule has 1 fully saturated rings. The van der Waals surface area contributed by atoms with Gasteiger partial charge in [0.05, 0.1) is 18.8 Å². The molecular weight excluding hydrogens is 304 g/mol. The topological polar surface area (TPSA) is 61.8 Å². The number of carbonyl (C=O) groups is 1. The van der Waals surface area contributed by atoms with Crippen LogP contribution in [0.15, 0.2) is 24.3 Å². The van der Waals surface area contributed by atoms with Gasteiger partial charge >= 0.3 is 0 Å². The van der Waals surface area contributed by atoms with Gasteiger partial charge in [-0.2, -0.15) is 0 Å². The summed E-state index contributed by atoms with van der Waals surface area (Å²) in [4.78, 5) is 14.6. The van der Waals surface area contributed by atoms with Gasteiger partial charge in [0.15, 0.2) is 0 Å². The molecule has 134 valence electrons. The molecule has 0 saturated carbocycles. The zero-order valence-corrected chi connectivity index (χ0v) is 14.9. The summed E-state index contributed by atoms with van der Waals surface area (Å²) in [5.74, 6) is 0.595. The van der Waals surface area contributed by atoms with E-state index in [0.717, 1.165) is 18.7 Å². The van der Waals surface area contributed by atoms with E-state index >= 15 is 0 Å². The zero-order valence-electron chi connectivity index (χ0n) is 14.9. The van der Waals surface area contributed by atoms with Crippen LogP contribution in [0.5, 0.6) is 5.75 Å². The van der Waals surface area contributed by atoms with Crippen molar-refractivity contribution in [2.45, 2.75) is 45.1 Å². The number of nitrogens with zero attached hydrogens (tertiary/aromatic N) is 1. The summed E-state index contributed by atoms with van der Waals surface area (Å²) in [7, 11) is 0. The van der Waals surface area contributed by atoms with Crippen LogP contribution in [0.1, 0.15) is 49.9 Å². The van der Waals surface area contributed by atoms with Gasteiger partial charge in [-0.3, -0.25) is 4.79 Å². The standard InChI is InChI=1S/C19H30N2O3/c1-19(2,15-22)20-18(23)16-7-9-17(10-8-16)24-14-6-13-21-11-4-3-5-12-21/h7-10,22H,3-6,11-15H2,1-2H3,(H,20,23). The third-order valence-electron chi connectivity index (χ3n) is 4.30. The van der Waals surface area contributed by atoms with Crippen LogP contribution in [0, 0.1) is 0 Å². The SMILES string of the molecule is CC(C)(CO)NC(=O)c1ccc(OCCCN2CCCCC2)cc1. The number of rotatable bonds is 8. The second-order valence-electron chi connectivity index (χ2n) is 7.12. The van der Waals surface area contributed by atoms with E-state index < -0.39 is 5.54 Å². The van der Waals surface area contributed by atoms with Gasteiger partial charge < -0.3 is 20.1 Å². The van der Waals surface area contributed by atoms with E-state index in [1.54, 1.807) is 26.0 Å². The molecule has 24 heavy (non-hydrogen) atoms. The first-order chi connectivity index (χ1) is 11.5. The van der Waals surface area contributed by atoms with Crippen molar-refractivity contribution >= 4 is 5.91 Å². The molecule has 0 unspecified atom stereocenters. The summed E-state index contributed by atoms with van der Waals surface area (Å²) in [6.07, 6.45) is 5.02. The number of benzene rings is 1. The van der Waals surface area contributed by atoms with Crippen molar-refractivity contribution < 1.29 is 14.6 Å². The van der Waals surface area contributed by atoms with E-state index in [1.165, 1.54) is 32.4 Å². The Balaban J connectivity index is 1.72. The molecule has 1 aliphatic heterocycles. The summed E-state index contributed by atoms with van der Waals surface area (Å²) < 4.78 is 5.76. The zero-order chi connectivity index (χ0) is 17.4. The minimum Gasteiger partial charge on any atom is -0.494 e. The molecule has 0 aromatic heterocycles. The lowest BCUT2D eigenvalue weighted by Crippen LogP contribution is -2.46. The van der Waals surface area contributed by atoms with Crippen molar-refractivity contribution in [1.82, 2.24) is 10.2 Å². The molecule has 1 amide bonds. The van der Waals surface area contributed by atoms with Crippen molar-refractivity contribution in [2.24, 2.45) is 0 Å². The van der Waals surface area contributed by atoms with Gasteiger partial charge in [0.2, 0.25) is 0 Å². The average molecular weight is 334 g/mol. The number of aliphatic hydroxyl groups is 1. The first-order valence-electron chi connectivity index (χ1n) is 8.89. The molecule has 0 radical (unpaired) electrons. The largest absolute Gasteiger partial charge is 0.494 e. The highest BCUT2D eigenvalue weighted by atomic mass is 16.5.